The number of thiophene rings is 1. The molecule has 3 rings (SSSR count). The maximum atomic E-state index is 6.19. The van der Waals surface area contributed by atoms with Gasteiger partial charge in [0.1, 0.15) is 5.60 Å². The number of aryl methyl sites for hydroxylation is 1. The molecular formula is C13H19NOS. The van der Waals surface area contributed by atoms with Crippen molar-refractivity contribution in [1.82, 2.24) is 5.32 Å². The van der Waals surface area contributed by atoms with Crippen molar-refractivity contribution < 1.29 is 4.74 Å². The molecule has 2 unspecified atom stereocenters. The average Bonchev–Trinajstić information content (AvgIpc) is 2.60. The average molecular weight is 237 g/mol. The third-order valence-corrected chi connectivity index (χ3v) is 5.03. The van der Waals surface area contributed by atoms with E-state index in [-0.39, 0.29) is 5.60 Å². The fraction of sp³-hybridized carbons (Fsp3) is 0.692. The van der Waals surface area contributed by atoms with Gasteiger partial charge in [-0.25, -0.2) is 0 Å². The Morgan fingerprint density at radius 1 is 1.56 bits per heavy atom. The molecule has 2 aliphatic rings. The van der Waals surface area contributed by atoms with E-state index in [4.69, 9.17) is 4.74 Å². The molecule has 1 spiro atoms. The maximum Gasteiger partial charge on any atom is 0.105 e. The minimum Gasteiger partial charge on any atom is -0.369 e. The Bertz CT molecular complexity index is 401. The first kappa shape index (κ1) is 10.8. The molecule has 0 bridgehead atoms. The van der Waals surface area contributed by atoms with Crippen LogP contribution in [0.2, 0.25) is 0 Å². The zero-order valence-corrected chi connectivity index (χ0v) is 10.8. The lowest BCUT2D eigenvalue weighted by atomic mass is 9.83. The lowest BCUT2D eigenvalue weighted by Gasteiger charge is -2.42. The van der Waals surface area contributed by atoms with Crippen LogP contribution < -0.4 is 5.32 Å². The van der Waals surface area contributed by atoms with Crippen molar-refractivity contribution in [3.8, 4) is 0 Å². The molecule has 3 heterocycles. The fourth-order valence-electron chi connectivity index (χ4n) is 3.09. The molecule has 2 atom stereocenters. The molecule has 88 valence electrons. The highest BCUT2D eigenvalue weighted by molar-refractivity contribution is 7.12. The van der Waals surface area contributed by atoms with Crippen LogP contribution in [0.3, 0.4) is 0 Å². The van der Waals surface area contributed by atoms with Gasteiger partial charge in [-0.05, 0) is 51.3 Å². The Morgan fingerprint density at radius 2 is 2.44 bits per heavy atom. The van der Waals surface area contributed by atoms with E-state index in [0.29, 0.717) is 6.04 Å². The second-order valence-corrected chi connectivity index (χ2v) is 6.37. The Kier molecular flexibility index (Phi) is 2.57. The number of fused-ring (bicyclic) bond motifs is 2. The van der Waals surface area contributed by atoms with Crippen LogP contribution in [0.15, 0.2) is 6.07 Å². The second-order valence-electron chi connectivity index (χ2n) is 5.11. The summed E-state index contributed by atoms with van der Waals surface area (Å²) in [6, 6.07) is 2.93. The molecule has 1 aromatic heterocycles. The SMILES string of the molecule is Cc1cc2c(s1)C1(CCNC(C)C1)OCC2. The van der Waals surface area contributed by atoms with Gasteiger partial charge in [-0.2, -0.15) is 0 Å². The van der Waals surface area contributed by atoms with E-state index in [2.05, 4.69) is 25.2 Å². The fourth-order valence-corrected chi connectivity index (χ4v) is 4.33. The van der Waals surface area contributed by atoms with E-state index in [0.717, 1.165) is 32.4 Å². The van der Waals surface area contributed by atoms with Gasteiger partial charge in [-0.3, -0.25) is 0 Å². The van der Waals surface area contributed by atoms with Crippen molar-refractivity contribution in [1.29, 1.82) is 0 Å². The summed E-state index contributed by atoms with van der Waals surface area (Å²) in [5.41, 5.74) is 1.58. The summed E-state index contributed by atoms with van der Waals surface area (Å²) in [5.74, 6) is 0. The lowest BCUT2D eigenvalue weighted by molar-refractivity contribution is -0.0848. The van der Waals surface area contributed by atoms with Crippen LogP contribution in [-0.2, 0) is 16.8 Å². The highest BCUT2D eigenvalue weighted by Crippen LogP contribution is 2.45. The van der Waals surface area contributed by atoms with Gasteiger partial charge in [-0.15, -0.1) is 11.3 Å². The topological polar surface area (TPSA) is 21.3 Å². The van der Waals surface area contributed by atoms with Crippen molar-refractivity contribution in [2.24, 2.45) is 0 Å². The van der Waals surface area contributed by atoms with E-state index in [1.807, 2.05) is 11.3 Å². The summed E-state index contributed by atoms with van der Waals surface area (Å²) in [5, 5.41) is 3.52. The zero-order chi connectivity index (χ0) is 11.2. The molecule has 3 heteroatoms. The molecule has 1 saturated heterocycles. The second kappa shape index (κ2) is 3.83. The standard InChI is InChI=1S/C13H19NOS/c1-9-8-13(4-5-14-9)12-11(3-6-15-13)7-10(2)16-12/h7,9,14H,3-6,8H2,1-2H3. The Morgan fingerprint density at radius 3 is 3.25 bits per heavy atom. The van der Waals surface area contributed by atoms with Gasteiger partial charge in [0, 0.05) is 15.8 Å². The highest BCUT2D eigenvalue weighted by Gasteiger charge is 2.42. The highest BCUT2D eigenvalue weighted by atomic mass is 32.1. The molecule has 1 fully saturated rings. The Labute approximate surface area is 101 Å². The number of rotatable bonds is 0. The van der Waals surface area contributed by atoms with E-state index in [9.17, 15) is 0 Å². The zero-order valence-electron chi connectivity index (χ0n) is 10.0. The lowest BCUT2D eigenvalue weighted by Crippen LogP contribution is -2.48. The van der Waals surface area contributed by atoms with Crippen molar-refractivity contribution in [2.75, 3.05) is 13.2 Å². The smallest absolute Gasteiger partial charge is 0.105 e. The first-order chi connectivity index (χ1) is 7.70. The number of piperidine rings is 1. The molecule has 1 aromatic rings. The molecule has 0 aliphatic carbocycles. The number of nitrogens with one attached hydrogen (secondary N) is 1. The van der Waals surface area contributed by atoms with Crippen LogP contribution in [-0.4, -0.2) is 19.2 Å². The predicted octanol–water partition coefficient (Wildman–Crippen LogP) is 2.60. The minimum atomic E-state index is 0.0389. The molecule has 0 aromatic carbocycles. The van der Waals surface area contributed by atoms with E-state index in [1.54, 1.807) is 5.56 Å². The van der Waals surface area contributed by atoms with Gasteiger partial charge in [0.2, 0.25) is 0 Å². The van der Waals surface area contributed by atoms with E-state index < -0.39 is 0 Å². The van der Waals surface area contributed by atoms with Crippen molar-refractivity contribution in [2.45, 2.75) is 44.8 Å². The first-order valence-electron chi connectivity index (χ1n) is 6.17. The number of hydrogen-bond acceptors (Lipinski definition) is 3. The number of ether oxygens (including phenoxy) is 1. The molecule has 2 nitrogen and oxygen atoms in total. The van der Waals surface area contributed by atoms with Gasteiger partial charge in [0.05, 0.1) is 6.61 Å². The van der Waals surface area contributed by atoms with Crippen molar-refractivity contribution in [3.05, 3.63) is 21.4 Å². The van der Waals surface area contributed by atoms with Gasteiger partial charge in [0.25, 0.3) is 0 Å². The van der Waals surface area contributed by atoms with Crippen LogP contribution >= 0.6 is 11.3 Å². The quantitative estimate of drug-likeness (QED) is 0.749. The van der Waals surface area contributed by atoms with Crippen LogP contribution in [0.4, 0.5) is 0 Å². The summed E-state index contributed by atoms with van der Waals surface area (Å²) in [6.07, 6.45) is 3.35. The summed E-state index contributed by atoms with van der Waals surface area (Å²) < 4.78 is 6.19. The predicted molar refractivity (Wildman–Crippen MR) is 67.1 cm³/mol. The summed E-state index contributed by atoms with van der Waals surface area (Å²) in [4.78, 5) is 2.95. The largest absolute Gasteiger partial charge is 0.369 e. The third-order valence-electron chi connectivity index (χ3n) is 3.75. The summed E-state index contributed by atoms with van der Waals surface area (Å²) in [6.45, 7) is 6.45. The molecule has 2 aliphatic heterocycles. The van der Waals surface area contributed by atoms with Crippen LogP contribution in [0.25, 0.3) is 0 Å². The molecule has 0 saturated carbocycles. The van der Waals surface area contributed by atoms with Gasteiger partial charge in [-0.1, -0.05) is 0 Å². The normalized spacial score (nSPS) is 34.0. The van der Waals surface area contributed by atoms with Crippen LogP contribution in [0.5, 0.6) is 0 Å². The molecular weight excluding hydrogens is 218 g/mol. The molecule has 16 heavy (non-hydrogen) atoms. The molecule has 0 amide bonds. The first-order valence-corrected chi connectivity index (χ1v) is 6.98. The summed E-state index contributed by atoms with van der Waals surface area (Å²) in [7, 11) is 0. The van der Waals surface area contributed by atoms with Crippen LogP contribution in [0.1, 0.15) is 35.1 Å². The minimum absolute atomic E-state index is 0.0389. The maximum absolute atomic E-state index is 6.19. The number of hydrogen-bond donors (Lipinski definition) is 1. The summed E-state index contributed by atoms with van der Waals surface area (Å²) >= 11 is 1.94. The van der Waals surface area contributed by atoms with E-state index >= 15 is 0 Å². The molecule has 1 N–H and O–H groups in total. The monoisotopic (exact) mass is 237 g/mol. The van der Waals surface area contributed by atoms with Crippen molar-refractivity contribution >= 4 is 11.3 Å². The van der Waals surface area contributed by atoms with Gasteiger partial charge in [0.15, 0.2) is 0 Å². The Balaban J connectivity index is 2.02. The molecule has 0 radical (unpaired) electrons. The van der Waals surface area contributed by atoms with Crippen molar-refractivity contribution in [3.63, 3.8) is 0 Å². The Hall–Kier alpha value is -0.380. The van der Waals surface area contributed by atoms with Gasteiger partial charge < -0.3 is 10.1 Å². The van der Waals surface area contributed by atoms with Crippen LogP contribution in [0, 0.1) is 6.92 Å². The van der Waals surface area contributed by atoms with Gasteiger partial charge >= 0.3 is 0 Å². The van der Waals surface area contributed by atoms with E-state index in [1.165, 1.54) is 9.75 Å². The third kappa shape index (κ3) is 1.62.